The molecular formula is C24H25N3O5. The summed E-state index contributed by atoms with van der Waals surface area (Å²) < 4.78 is 12.7. The summed E-state index contributed by atoms with van der Waals surface area (Å²) in [6.07, 6.45) is 5.60. The number of aliphatic hydroxyl groups excluding tert-OH is 1. The van der Waals surface area contributed by atoms with Crippen molar-refractivity contribution in [2.45, 2.75) is 25.0 Å². The molecule has 2 fully saturated rings. The second kappa shape index (κ2) is 8.27. The molecule has 0 spiro atoms. The maximum atomic E-state index is 13.1. The Balaban J connectivity index is 1.26. The first kappa shape index (κ1) is 20.5. The number of aromatic nitrogens is 2. The van der Waals surface area contributed by atoms with Crippen LogP contribution in [0.25, 0.3) is 5.65 Å². The number of imidazole rings is 1. The van der Waals surface area contributed by atoms with Gasteiger partial charge >= 0.3 is 5.97 Å². The van der Waals surface area contributed by atoms with Crippen LogP contribution in [0, 0.1) is 11.8 Å². The number of rotatable bonds is 4. The molecule has 5 rings (SSSR count). The zero-order chi connectivity index (χ0) is 22.2. The highest BCUT2D eigenvalue weighted by Crippen LogP contribution is 2.38. The number of aliphatic hydroxyl groups is 1. The van der Waals surface area contributed by atoms with E-state index >= 15 is 0 Å². The molecule has 0 unspecified atom stereocenters. The number of hydrogen-bond acceptors (Lipinski definition) is 6. The second-order valence-corrected chi connectivity index (χ2v) is 8.55. The molecule has 32 heavy (non-hydrogen) atoms. The number of carbonyl (C=O) groups excluding carboxylic acids is 2. The number of methoxy groups -OCH3 is 1. The number of benzene rings is 1. The van der Waals surface area contributed by atoms with E-state index in [0.29, 0.717) is 42.8 Å². The molecule has 4 atom stereocenters. The van der Waals surface area contributed by atoms with Crippen molar-refractivity contribution in [2.75, 3.05) is 20.2 Å². The third-order valence-electron chi connectivity index (χ3n) is 6.56. The Morgan fingerprint density at radius 1 is 1.06 bits per heavy atom. The highest BCUT2D eigenvalue weighted by Gasteiger charge is 2.44. The van der Waals surface area contributed by atoms with Crippen molar-refractivity contribution in [1.29, 1.82) is 0 Å². The summed E-state index contributed by atoms with van der Waals surface area (Å²) in [6, 6.07) is 10.4. The number of amides is 1. The minimum Gasteiger partial charge on any atom is -0.488 e. The Bertz CT molecular complexity index is 1160. The average Bonchev–Trinajstić information content (AvgIpc) is 3.44. The van der Waals surface area contributed by atoms with Gasteiger partial charge in [-0.1, -0.05) is 6.07 Å². The molecule has 1 aliphatic heterocycles. The molecular weight excluding hydrogens is 410 g/mol. The highest BCUT2D eigenvalue weighted by atomic mass is 16.5. The van der Waals surface area contributed by atoms with Crippen LogP contribution in [-0.4, -0.2) is 63.7 Å². The van der Waals surface area contributed by atoms with Crippen molar-refractivity contribution < 1.29 is 24.2 Å². The zero-order valence-corrected chi connectivity index (χ0v) is 17.8. The molecule has 166 valence electrons. The molecule has 3 heterocycles. The van der Waals surface area contributed by atoms with E-state index in [1.165, 1.54) is 7.11 Å². The Hall–Kier alpha value is -3.39. The Kier molecular flexibility index (Phi) is 5.30. The van der Waals surface area contributed by atoms with Gasteiger partial charge in [0.25, 0.3) is 5.91 Å². The molecule has 8 nitrogen and oxygen atoms in total. The lowest BCUT2D eigenvalue weighted by Crippen LogP contribution is -2.42. The predicted octanol–water partition coefficient (Wildman–Crippen LogP) is 2.41. The van der Waals surface area contributed by atoms with Crippen LogP contribution in [-0.2, 0) is 4.74 Å². The first-order chi connectivity index (χ1) is 15.5. The lowest BCUT2D eigenvalue weighted by Gasteiger charge is -2.35. The van der Waals surface area contributed by atoms with E-state index < -0.39 is 12.1 Å². The zero-order valence-electron chi connectivity index (χ0n) is 17.8. The van der Waals surface area contributed by atoms with Crippen molar-refractivity contribution >= 4 is 17.5 Å². The van der Waals surface area contributed by atoms with Gasteiger partial charge in [-0.3, -0.25) is 4.79 Å². The fraction of sp³-hybridized carbons (Fsp3) is 0.375. The molecule has 0 bridgehead atoms. The van der Waals surface area contributed by atoms with Crippen LogP contribution in [0.15, 0.2) is 55.0 Å². The summed E-state index contributed by atoms with van der Waals surface area (Å²) in [5.74, 6) is 0.576. The number of esters is 1. The highest BCUT2D eigenvalue weighted by molar-refractivity contribution is 5.95. The first-order valence-corrected chi connectivity index (χ1v) is 10.8. The van der Waals surface area contributed by atoms with Gasteiger partial charge in [0.1, 0.15) is 17.5 Å². The van der Waals surface area contributed by atoms with Crippen LogP contribution in [0.1, 0.15) is 33.6 Å². The fourth-order valence-electron chi connectivity index (χ4n) is 4.90. The van der Waals surface area contributed by atoms with Crippen LogP contribution >= 0.6 is 0 Å². The van der Waals surface area contributed by atoms with Crippen LogP contribution < -0.4 is 4.74 Å². The third-order valence-corrected chi connectivity index (χ3v) is 6.56. The predicted molar refractivity (Wildman–Crippen MR) is 116 cm³/mol. The standard InChI is InChI=1S/C24H25N3O5/c1-31-24(30)16-3-2-4-19(9-16)32-21-11-18-14-27(13-17(18)10-20(21)28)23(29)15-5-7-26-8-6-25-22(26)12-15/h2-9,12,17-18,20-21,28H,10-11,13-14H2,1H3/t17-,18+,20+,21+/m0/s1. The molecule has 1 aliphatic carbocycles. The minimum absolute atomic E-state index is 0.0114. The normalized spacial score (nSPS) is 24.9. The molecule has 1 amide bonds. The van der Waals surface area contributed by atoms with Crippen LogP contribution in [0.5, 0.6) is 5.75 Å². The van der Waals surface area contributed by atoms with E-state index in [2.05, 4.69) is 4.98 Å². The van der Waals surface area contributed by atoms with Gasteiger partial charge < -0.3 is 23.9 Å². The minimum atomic E-state index is -0.630. The van der Waals surface area contributed by atoms with Gasteiger partial charge in [0.05, 0.1) is 18.8 Å². The molecule has 0 radical (unpaired) electrons. The van der Waals surface area contributed by atoms with E-state index in [0.717, 1.165) is 5.65 Å². The summed E-state index contributed by atoms with van der Waals surface area (Å²) in [6.45, 7) is 1.27. The molecule has 8 heteroatoms. The molecule has 1 N–H and O–H groups in total. The van der Waals surface area contributed by atoms with Crippen molar-refractivity contribution in [2.24, 2.45) is 11.8 Å². The largest absolute Gasteiger partial charge is 0.488 e. The van der Waals surface area contributed by atoms with Gasteiger partial charge in [0.15, 0.2) is 0 Å². The Morgan fingerprint density at radius 3 is 2.69 bits per heavy atom. The van der Waals surface area contributed by atoms with E-state index in [9.17, 15) is 14.7 Å². The molecule has 2 aliphatic rings. The third kappa shape index (κ3) is 3.82. The van der Waals surface area contributed by atoms with E-state index in [1.807, 2.05) is 27.8 Å². The summed E-state index contributed by atoms with van der Waals surface area (Å²) >= 11 is 0. The second-order valence-electron chi connectivity index (χ2n) is 8.55. The number of carbonyl (C=O) groups is 2. The molecule has 1 saturated carbocycles. The van der Waals surface area contributed by atoms with E-state index in [4.69, 9.17) is 9.47 Å². The molecule has 2 aromatic heterocycles. The number of hydrogen-bond donors (Lipinski definition) is 1. The fourth-order valence-corrected chi connectivity index (χ4v) is 4.90. The lowest BCUT2D eigenvalue weighted by atomic mass is 9.78. The quantitative estimate of drug-likeness (QED) is 0.633. The van der Waals surface area contributed by atoms with Gasteiger partial charge in [-0.05, 0) is 55.0 Å². The monoisotopic (exact) mass is 435 g/mol. The van der Waals surface area contributed by atoms with Crippen LogP contribution in [0.2, 0.25) is 0 Å². The Labute approximate surface area is 185 Å². The maximum absolute atomic E-state index is 13.1. The summed E-state index contributed by atoms with van der Waals surface area (Å²) in [5, 5.41) is 10.7. The number of pyridine rings is 1. The molecule has 3 aromatic rings. The summed E-state index contributed by atoms with van der Waals surface area (Å²) in [5.41, 5.74) is 1.76. The van der Waals surface area contributed by atoms with Gasteiger partial charge in [0, 0.05) is 37.2 Å². The molecule has 1 saturated heterocycles. The van der Waals surface area contributed by atoms with Crippen LogP contribution in [0.3, 0.4) is 0 Å². The number of ether oxygens (including phenoxy) is 2. The summed E-state index contributed by atoms with van der Waals surface area (Å²) in [7, 11) is 1.33. The lowest BCUT2D eigenvalue weighted by molar-refractivity contribution is -0.0231. The number of fused-ring (bicyclic) bond motifs is 2. The van der Waals surface area contributed by atoms with Gasteiger partial charge in [0.2, 0.25) is 0 Å². The van der Waals surface area contributed by atoms with E-state index in [1.54, 1.807) is 36.5 Å². The van der Waals surface area contributed by atoms with Crippen molar-refractivity contribution in [3.05, 3.63) is 66.1 Å². The SMILES string of the molecule is COC(=O)c1cccc(O[C@@H]2C[C@@H]3CN(C(=O)c4ccn5ccnc5c4)C[C@@H]3C[C@H]2O)c1. The molecule has 1 aromatic carbocycles. The van der Waals surface area contributed by atoms with Crippen molar-refractivity contribution in [3.8, 4) is 5.75 Å². The smallest absolute Gasteiger partial charge is 0.337 e. The first-order valence-electron chi connectivity index (χ1n) is 10.8. The van der Waals surface area contributed by atoms with E-state index in [-0.39, 0.29) is 23.8 Å². The topological polar surface area (TPSA) is 93.4 Å². The van der Waals surface area contributed by atoms with Crippen molar-refractivity contribution in [3.63, 3.8) is 0 Å². The van der Waals surface area contributed by atoms with Gasteiger partial charge in [-0.2, -0.15) is 0 Å². The number of nitrogens with zero attached hydrogens (tertiary/aromatic N) is 3. The van der Waals surface area contributed by atoms with Crippen molar-refractivity contribution in [1.82, 2.24) is 14.3 Å². The Morgan fingerprint density at radius 2 is 1.88 bits per heavy atom. The number of likely N-dealkylation sites (tertiary alicyclic amines) is 1. The van der Waals surface area contributed by atoms with Gasteiger partial charge in [-0.15, -0.1) is 0 Å². The average molecular weight is 435 g/mol. The van der Waals surface area contributed by atoms with Crippen LogP contribution in [0.4, 0.5) is 0 Å². The maximum Gasteiger partial charge on any atom is 0.337 e. The van der Waals surface area contributed by atoms with Gasteiger partial charge in [-0.25, -0.2) is 9.78 Å². The summed E-state index contributed by atoms with van der Waals surface area (Å²) in [4.78, 5) is 31.0.